The van der Waals surface area contributed by atoms with E-state index < -0.39 is 0 Å². The monoisotopic (exact) mass is 265 g/mol. The molecule has 0 aliphatic rings. The molecule has 1 aromatic rings. The first-order valence-electron chi connectivity index (χ1n) is 6.50. The molecule has 4 heteroatoms. The van der Waals surface area contributed by atoms with Crippen molar-refractivity contribution < 1.29 is 14.6 Å². The molecule has 1 unspecified atom stereocenters. The Kier molecular flexibility index (Phi) is 7.00. The Morgan fingerprint density at radius 1 is 1.47 bits per heavy atom. The van der Waals surface area contributed by atoms with Crippen LogP contribution in [0.15, 0.2) is 30.9 Å². The maximum atomic E-state index is 9.18. The zero-order valence-electron chi connectivity index (χ0n) is 11.7. The third-order valence-electron chi connectivity index (χ3n) is 2.92. The van der Waals surface area contributed by atoms with E-state index in [-0.39, 0.29) is 12.6 Å². The number of rotatable bonds is 9. The van der Waals surface area contributed by atoms with Crippen LogP contribution < -0.4 is 14.8 Å². The van der Waals surface area contributed by atoms with E-state index in [1.807, 2.05) is 25.1 Å². The molecule has 0 aliphatic heterocycles. The summed E-state index contributed by atoms with van der Waals surface area (Å²) in [5.74, 6) is 1.43. The largest absolute Gasteiger partial charge is 0.493 e. The fraction of sp³-hybridized carbons (Fsp3) is 0.467. The number of hydrogen-bond donors (Lipinski definition) is 2. The van der Waals surface area contributed by atoms with Gasteiger partial charge in [0.05, 0.1) is 13.7 Å². The highest BCUT2D eigenvalue weighted by Gasteiger charge is 2.11. The van der Waals surface area contributed by atoms with Gasteiger partial charge in [-0.3, -0.25) is 0 Å². The van der Waals surface area contributed by atoms with E-state index in [0.29, 0.717) is 18.9 Å². The molecule has 1 rings (SSSR count). The van der Waals surface area contributed by atoms with Gasteiger partial charge in [-0.2, -0.15) is 0 Å². The minimum atomic E-state index is 0.0958. The van der Waals surface area contributed by atoms with E-state index in [9.17, 15) is 5.11 Å². The van der Waals surface area contributed by atoms with Gasteiger partial charge in [0.25, 0.3) is 0 Å². The van der Waals surface area contributed by atoms with E-state index in [0.717, 1.165) is 17.7 Å². The highest BCUT2D eigenvalue weighted by atomic mass is 16.5. The predicted molar refractivity (Wildman–Crippen MR) is 76.7 cm³/mol. The summed E-state index contributed by atoms with van der Waals surface area (Å²) in [4.78, 5) is 0. The summed E-state index contributed by atoms with van der Waals surface area (Å²) >= 11 is 0. The third-order valence-corrected chi connectivity index (χ3v) is 2.92. The van der Waals surface area contributed by atoms with Crippen LogP contribution in [0.5, 0.6) is 11.5 Å². The van der Waals surface area contributed by atoms with E-state index in [2.05, 4.69) is 11.9 Å². The van der Waals surface area contributed by atoms with E-state index >= 15 is 0 Å². The summed E-state index contributed by atoms with van der Waals surface area (Å²) in [6.07, 6.45) is 2.58. The maximum absolute atomic E-state index is 9.18. The summed E-state index contributed by atoms with van der Waals surface area (Å²) in [6.45, 7) is 6.87. The molecule has 0 aliphatic carbocycles. The van der Waals surface area contributed by atoms with Gasteiger partial charge in [-0.25, -0.2) is 0 Å². The van der Waals surface area contributed by atoms with Gasteiger partial charge >= 0.3 is 0 Å². The van der Waals surface area contributed by atoms with Crippen molar-refractivity contribution >= 4 is 0 Å². The Labute approximate surface area is 115 Å². The van der Waals surface area contributed by atoms with Crippen molar-refractivity contribution in [2.24, 2.45) is 0 Å². The molecule has 0 amide bonds. The van der Waals surface area contributed by atoms with Gasteiger partial charge in [0.15, 0.2) is 11.5 Å². The smallest absolute Gasteiger partial charge is 0.166 e. The average Bonchev–Trinajstić information content (AvgIpc) is 2.46. The van der Waals surface area contributed by atoms with Crippen molar-refractivity contribution in [1.29, 1.82) is 0 Å². The predicted octanol–water partition coefficient (Wildman–Crippen LogP) is 2.12. The first kappa shape index (κ1) is 15.5. The van der Waals surface area contributed by atoms with Gasteiger partial charge in [0, 0.05) is 18.2 Å². The second-order valence-corrected chi connectivity index (χ2v) is 4.22. The van der Waals surface area contributed by atoms with Crippen molar-refractivity contribution in [3.63, 3.8) is 0 Å². The summed E-state index contributed by atoms with van der Waals surface area (Å²) in [5.41, 5.74) is 1.01. The summed E-state index contributed by atoms with van der Waals surface area (Å²) in [5, 5.41) is 12.5. The molecule has 106 valence electrons. The molecule has 1 aromatic carbocycles. The van der Waals surface area contributed by atoms with Crippen LogP contribution in [-0.4, -0.2) is 31.5 Å². The van der Waals surface area contributed by atoms with Crippen molar-refractivity contribution in [1.82, 2.24) is 5.32 Å². The third kappa shape index (κ3) is 4.58. The lowest BCUT2D eigenvalue weighted by Gasteiger charge is -2.17. The van der Waals surface area contributed by atoms with Gasteiger partial charge in [0.2, 0.25) is 0 Å². The van der Waals surface area contributed by atoms with Crippen LogP contribution in [0.25, 0.3) is 0 Å². The highest BCUT2D eigenvalue weighted by molar-refractivity contribution is 5.46. The first-order valence-corrected chi connectivity index (χ1v) is 6.50. The number of ether oxygens (including phenoxy) is 2. The number of para-hydroxylation sites is 1. The zero-order chi connectivity index (χ0) is 14.1. The van der Waals surface area contributed by atoms with Gasteiger partial charge < -0.3 is 19.9 Å². The fourth-order valence-corrected chi connectivity index (χ4v) is 1.76. The van der Waals surface area contributed by atoms with Crippen molar-refractivity contribution in [2.75, 3.05) is 20.3 Å². The Morgan fingerprint density at radius 3 is 2.84 bits per heavy atom. The van der Waals surface area contributed by atoms with Crippen LogP contribution in [0.4, 0.5) is 0 Å². The molecular formula is C15H23NO3. The maximum Gasteiger partial charge on any atom is 0.166 e. The zero-order valence-corrected chi connectivity index (χ0v) is 11.7. The average molecular weight is 265 g/mol. The van der Waals surface area contributed by atoms with Gasteiger partial charge in [-0.1, -0.05) is 31.7 Å². The molecular weight excluding hydrogens is 242 g/mol. The topological polar surface area (TPSA) is 50.7 Å². The second-order valence-electron chi connectivity index (χ2n) is 4.22. The molecule has 0 spiro atoms. The summed E-state index contributed by atoms with van der Waals surface area (Å²) < 4.78 is 11.0. The normalized spacial score (nSPS) is 11.9. The number of aliphatic hydroxyl groups is 1. The number of aliphatic hydroxyl groups excluding tert-OH is 1. The Balaban J connectivity index is 2.82. The molecule has 1 atom stereocenters. The SMILES string of the molecule is C=CCOc1c(CNC(CC)CO)cccc1OC. The van der Waals surface area contributed by atoms with Crippen LogP contribution >= 0.6 is 0 Å². The molecule has 4 nitrogen and oxygen atoms in total. The summed E-state index contributed by atoms with van der Waals surface area (Å²) in [6, 6.07) is 5.87. The van der Waals surface area contributed by atoms with Crippen molar-refractivity contribution in [2.45, 2.75) is 25.9 Å². The minimum Gasteiger partial charge on any atom is -0.493 e. The molecule has 0 aromatic heterocycles. The van der Waals surface area contributed by atoms with E-state index in [4.69, 9.17) is 9.47 Å². The number of nitrogens with one attached hydrogen (secondary N) is 1. The molecule has 0 saturated heterocycles. The molecule has 0 heterocycles. The standard InChI is InChI=1S/C15H23NO3/c1-4-9-19-15-12(7-6-8-14(15)18-3)10-16-13(5-2)11-17/h4,6-8,13,16-17H,1,5,9-11H2,2-3H3. The lowest BCUT2D eigenvalue weighted by atomic mass is 10.1. The molecule has 2 N–H and O–H groups in total. The lowest BCUT2D eigenvalue weighted by molar-refractivity contribution is 0.237. The number of methoxy groups -OCH3 is 1. The Hall–Kier alpha value is -1.52. The van der Waals surface area contributed by atoms with E-state index in [1.54, 1.807) is 13.2 Å². The lowest BCUT2D eigenvalue weighted by Crippen LogP contribution is -2.31. The number of benzene rings is 1. The van der Waals surface area contributed by atoms with Gasteiger partial charge in [-0.05, 0) is 12.5 Å². The molecule has 0 radical (unpaired) electrons. The Morgan fingerprint density at radius 2 is 2.26 bits per heavy atom. The quantitative estimate of drug-likeness (QED) is 0.672. The Bertz CT molecular complexity index is 389. The van der Waals surface area contributed by atoms with Crippen LogP contribution in [-0.2, 0) is 6.54 Å². The molecule has 19 heavy (non-hydrogen) atoms. The minimum absolute atomic E-state index is 0.0958. The fourth-order valence-electron chi connectivity index (χ4n) is 1.76. The van der Waals surface area contributed by atoms with Crippen molar-refractivity contribution in [3.8, 4) is 11.5 Å². The molecule has 0 saturated carbocycles. The van der Waals surface area contributed by atoms with E-state index in [1.165, 1.54) is 0 Å². The van der Waals surface area contributed by atoms with Crippen molar-refractivity contribution in [3.05, 3.63) is 36.4 Å². The second kappa shape index (κ2) is 8.56. The van der Waals surface area contributed by atoms with Gasteiger partial charge in [-0.15, -0.1) is 0 Å². The highest BCUT2D eigenvalue weighted by Crippen LogP contribution is 2.31. The van der Waals surface area contributed by atoms with Gasteiger partial charge in [0.1, 0.15) is 6.61 Å². The van der Waals surface area contributed by atoms with Crippen LogP contribution in [0.1, 0.15) is 18.9 Å². The summed E-state index contributed by atoms with van der Waals surface area (Å²) in [7, 11) is 1.62. The van der Waals surface area contributed by atoms with Crippen LogP contribution in [0.3, 0.4) is 0 Å². The van der Waals surface area contributed by atoms with Crippen LogP contribution in [0, 0.1) is 0 Å². The molecule has 0 fully saturated rings. The first-order chi connectivity index (χ1) is 9.26. The molecule has 0 bridgehead atoms. The van der Waals surface area contributed by atoms with Crippen LogP contribution in [0.2, 0.25) is 0 Å². The number of hydrogen-bond acceptors (Lipinski definition) is 4.